The summed E-state index contributed by atoms with van der Waals surface area (Å²) in [5.41, 5.74) is 3.44. The molecule has 2 aromatic rings. The quantitative estimate of drug-likeness (QED) is 0.789. The minimum atomic E-state index is -1.06. The molecule has 1 aromatic heterocycles. The molecule has 5 nitrogen and oxygen atoms in total. The summed E-state index contributed by atoms with van der Waals surface area (Å²) in [5.74, 6) is -1.47. The average molecular weight is 260 g/mol. The number of H-pyrrole nitrogens is 1. The molecule has 1 aromatic carbocycles. The Balaban J connectivity index is 2.33. The molecule has 5 heteroatoms. The number of aromatic amines is 1. The standard InChI is InChI=1S/C14H16N2O3/c1-7-4-8(2)10-6-12(16-11(10)5-7)13(17)15-9(3)14(18)19/h4-6,9,16H,1-3H3,(H,15,17)(H,18,19). The Morgan fingerprint density at radius 1 is 1.26 bits per heavy atom. The molecule has 0 radical (unpaired) electrons. The van der Waals surface area contributed by atoms with E-state index in [0.717, 1.165) is 22.0 Å². The molecule has 1 amide bonds. The number of aryl methyl sites for hydroxylation is 2. The molecule has 0 saturated carbocycles. The summed E-state index contributed by atoms with van der Waals surface area (Å²) in [6, 6.07) is 4.83. The van der Waals surface area contributed by atoms with Gasteiger partial charge in [-0.25, -0.2) is 0 Å². The van der Waals surface area contributed by atoms with Gasteiger partial charge in [-0.15, -0.1) is 0 Å². The van der Waals surface area contributed by atoms with E-state index < -0.39 is 17.9 Å². The number of fused-ring (bicyclic) bond motifs is 1. The lowest BCUT2D eigenvalue weighted by atomic mass is 10.1. The van der Waals surface area contributed by atoms with Crippen LogP contribution in [-0.2, 0) is 4.79 Å². The summed E-state index contributed by atoms with van der Waals surface area (Å²) in [4.78, 5) is 25.6. The zero-order valence-electron chi connectivity index (χ0n) is 11.1. The molecule has 100 valence electrons. The van der Waals surface area contributed by atoms with Crippen LogP contribution in [0.3, 0.4) is 0 Å². The lowest BCUT2D eigenvalue weighted by molar-refractivity contribution is -0.138. The highest BCUT2D eigenvalue weighted by Crippen LogP contribution is 2.21. The summed E-state index contributed by atoms with van der Waals surface area (Å²) >= 11 is 0. The fourth-order valence-electron chi connectivity index (χ4n) is 2.06. The third-order valence-electron chi connectivity index (χ3n) is 3.05. The molecule has 0 saturated heterocycles. The maximum Gasteiger partial charge on any atom is 0.325 e. The number of amides is 1. The Morgan fingerprint density at radius 2 is 1.95 bits per heavy atom. The molecule has 2 rings (SSSR count). The molecule has 19 heavy (non-hydrogen) atoms. The molecule has 0 fully saturated rings. The zero-order chi connectivity index (χ0) is 14.2. The van der Waals surface area contributed by atoms with E-state index in [1.54, 1.807) is 6.07 Å². The van der Waals surface area contributed by atoms with Crippen LogP contribution in [0.2, 0.25) is 0 Å². The van der Waals surface area contributed by atoms with Crippen LogP contribution < -0.4 is 5.32 Å². The van der Waals surface area contributed by atoms with Crippen molar-refractivity contribution in [2.45, 2.75) is 26.8 Å². The van der Waals surface area contributed by atoms with Gasteiger partial charge in [0.05, 0.1) is 0 Å². The van der Waals surface area contributed by atoms with Crippen LogP contribution in [-0.4, -0.2) is 28.0 Å². The van der Waals surface area contributed by atoms with Crippen LogP contribution in [0.1, 0.15) is 28.5 Å². The normalized spacial score (nSPS) is 12.4. The van der Waals surface area contributed by atoms with E-state index in [4.69, 9.17) is 5.11 Å². The van der Waals surface area contributed by atoms with Gasteiger partial charge >= 0.3 is 5.97 Å². The van der Waals surface area contributed by atoms with E-state index in [9.17, 15) is 9.59 Å². The van der Waals surface area contributed by atoms with Gasteiger partial charge in [0.2, 0.25) is 0 Å². The number of hydrogen-bond donors (Lipinski definition) is 3. The van der Waals surface area contributed by atoms with E-state index in [0.29, 0.717) is 5.69 Å². The van der Waals surface area contributed by atoms with Crippen LogP contribution in [0.4, 0.5) is 0 Å². The van der Waals surface area contributed by atoms with Crippen molar-refractivity contribution in [3.63, 3.8) is 0 Å². The molecule has 0 spiro atoms. The second kappa shape index (κ2) is 4.76. The van der Waals surface area contributed by atoms with Gasteiger partial charge in [-0.3, -0.25) is 9.59 Å². The Hall–Kier alpha value is -2.30. The van der Waals surface area contributed by atoms with E-state index in [1.165, 1.54) is 6.92 Å². The molecule has 1 heterocycles. The van der Waals surface area contributed by atoms with Crippen molar-refractivity contribution in [2.24, 2.45) is 0 Å². The zero-order valence-corrected chi connectivity index (χ0v) is 11.1. The summed E-state index contributed by atoms with van der Waals surface area (Å²) in [6.07, 6.45) is 0. The number of aromatic nitrogens is 1. The van der Waals surface area contributed by atoms with E-state index >= 15 is 0 Å². The minimum absolute atomic E-state index is 0.372. The van der Waals surface area contributed by atoms with Crippen LogP contribution in [0.15, 0.2) is 18.2 Å². The maximum atomic E-state index is 11.9. The molecular weight excluding hydrogens is 244 g/mol. The highest BCUT2D eigenvalue weighted by molar-refractivity contribution is 6.00. The van der Waals surface area contributed by atoms with Crippen molar-refractivity contribution in [2.75, 3.05) is 0 Å². The van der Waals surface area contributed by atoms with Gasteiger partial charge < -0.3 is 15.4 Å². The second-order valence-electron chi connectivity index (χ2n) is 4.76. The number of carboxylic acids is 1. The largest absolute Gasteiger partial charge is 0.480 e. The predicted octanol–water partition coefficient (Wildman–Crippen LogP) is 1.99. The monoisotopic (exact) mass is 260 g/mol. The number of carbonyl (C=O) groups excluding carboxylic acids is 1. The SMILES string of the molecule is Cc1cc(C)c2cc(C(=O)NC(C)C(=O)O)[nH]c2c1. The summed E-state index contributed by atoms with van der Waals surface area (Å²) in [5, 5.41) is 12.2. The number of hydrogen-bond acceptors (Lipinski definition) is 2. The number of nitrogens with one attached hydrogen (secondary N) is 2. The molecular formula is C14H16N2O3. The summed E-state index contributed by atoms with van der Waals surface area (Å²) < 4.78 is 0. The topological polar surface area (TPSA) is 82.2 Å². The first-order chi connectivity index (χ1) is 8.88. The van der Waals surface area contributed by atoms with Crippen LogP contribution in [0, 0.1) is 13.8 Å². The van der Waals surface area contributed by atoms with Crippen LogP contribution in [0.5, 0.6) is 0 Å². The summed E-state index contributed by atoms with van der Waals surface area (Å²) in [6.45, 7) is 5.39. The number of carbonyl (C=O) groups is 2. The van der Waals surface area contributed by atoms with Gasteiger partial charge in [0, 0.05) is 10.9 Å². The van der Waals surface area contributed by atoms with Gasteiger partial charge in [-0.1, -0.05) is 6.07 Å². The Kier molecular flexibility index (Phi) is 3.29. The summed E-state index contributed by atoms with van der Waals surface area (Å²) in [7, 11) is 0. The third-order valence-corrected chi connectivity index (χ3v) is 3.05. The minimum Gasteiger partial charge on any atom is -0.480 e. The van der Waals surface area contributed by atoms with Gasteiger partial charge in [0.25, 0.3) is 5.91 Å². The molecule has 1 atom stereocenters. The number of carboxylic acid groups (broad SMARTS) is 1. The molecule has 0 aliphatic heterocycles. The lowest BCUT2D eigenvalue weighted by Crippen LogP contribution is -2.38. The first kappa shape index (κ1) is 13.1. The Labute approximate surface area is 110 Å². The Bertz CT molecular complexity index is 658. The van der Waals surface area contributed by atoms with Gasteiger partial charge in [0.15, 0.2) is 0 Å². The van der Waals surface area contributed by atoms with Gasteiger partial charge in [0.1, 0.15) is 11.7 Å². The van der Waals surface area contributed by atoms with E-state index in [-0.39, 0.29) is 0 Å². The molecule has 0 bridgehead atoms. The highest BCUT2D eigenvalue weighted by atomic mass is 16.4. The molecule has 0 aliphatic rings. The average Bonchev–Trinajstić information content (AvgIpc) is 2.72. The van der Waals surface area contributed by atoms with Crippen LogP contribution in [0.25, 0.3) is 10.9 Å². The third kappa shape index (κ3) is 2.59. The first-order valence-electron chi connectivity index (χ1n) is 6.02. The van der Waals surface area contributed by atoms with Crippen LogP contribution >= 0.6 is 0 Å². The first-order valence-corrected chi connectivity index (χ1v) is 6.02. The Morgan fingerprint density at radius 3 is 2.58 bits per heavy atom. The smallest absolute Gasteiger partial charge is 0.325 e. The lowest BCUT2D eigenvalue weighted by Gasteiger charge is -2.07. The molecule has 0 aliphatic carbocycles. The van der Waals surface area contributed by atoms with Crippen molar-refractivity contribution in [3.05, 3.63) is 35.0 Å². The van der Waals surface area contributed by atoms with E-state index in [1.807, 2.05) is 26.0 Å². The highest BCUT2D eigenvalue weighted by Gasteiger charge is 2.17. The molecule has 3 N–H and O–H groups in total. The maximum absolute atomic E-state index is 11.9. The number of aliphatic carboxylic acids is 1. The van der Waals surface area contributed by atoms with Gasteiger partial charge in [-0.2, -0.15) is 0 Å². The van der Waals surface area contributed by atoms with Crippen molar-refractivity contribution in [1.29, 1.82) is 0 Å². The number of rotatable bonds is 3. The fraction of sp³-hybridized carbons (Fsp3) is 0.286. The van der Waals surface area contributed by atoms with Crippen molar-refractivity contribution in [3.8, 4) is 0 Å². The predicted molar refractivity (Wildman–Crippen MR) is 72.3 cm³/mol. The van der Waals surface area contributed by atoms with E-state index in [2.05, 4.69) is 10.3 Å². The van der Waals surface area contributed by atoms with Crippen molar-refractivity contribution < 1.29 is 14.7 Å². The second-order valence-corrected chi connectivity index (χ2v) is 4.76. The number of benzene rings is 1. The van der Waals surface area contributed by atoms with Gasteiger partial charge in [-0.05, 0) is 44.0 Å². The molecule has 1 unspecified atom stereocenters. The van der Waals surface area contributed by atoms with Crippen molar-refractivity contribution >= 4 is 22.8 Å². The van der Waals surface area contributed by atoms with Crippen molar-refractivity contribution in [1.82, 2.24) is 10.3 Å². The fourth-order valence-corrected chi connectivity index (χ4v) is 2.06.